The molecular formula is C10H23N7. The van der Waals surface area contributed by atoms with Gasteiger partial charge in [-0.2, -0.15) is 0 Å². The number of piperazine rings is 2. The monoisotopic (exact) mass is 241 g/mol. The zero-order chi connectivity index (χ0) is 12.1. The van der Waals surface area contributed by atoms with Crippen molar-refractivity contribution < 1.29 is 0 Å². The molecule has 6 N–H and O–H groups in total. The molecule has 17 heavy (non-hydrogen) atoms. The van der Waals surface area contributed by atoms with Crippen molar-refractivity contribution in [1.82, 2.24) is 20.4 Å². The van der Waals surface area contributed by atoms with E-state index in [2.05, 4.69) is 25.4 Å². The van der Waals surface area contributed by atoms with Crippen molar-refractivity contribution in [2.75, 3.05) is 52.4 Å². The van der Waals surface area contributed by atoms with Gasteiger partial charge in [-0.3, -0.25) is 9.80 Å². The standard InChI is InChI=1S/C10H23N7/c11-9(12)15-10(16-5-1-13-2-6-16)17-7-3-14-4-8-17/h10,13-14H,1-8H2,(H4,11,12,15). The predicted molar refractivity (Wildman–Crippen MR) is 68.5 cm³/mol. The first-order valence-electron chi connectivity index (χ1n) is 6.25. The predicted octanol–water partition coefficient (Wildman–Crippen LogP) is -2.65. The van der Waals surface area contributed by atoms with E-state index in [0.29, 0.717) is 0 Å². The van der Waals surface area contributed by atoms with E-state index in [4.69, 9.17) is 11.5 Å². The number of hydrogen-bond acceptors (Lipinski definition) is 5. The second kappa shape index (κ2) is 6.15. The van der Waals surface area contributed by atoms with Crippen LogP contribution in [0.5, 0.6) is 0 Å². The van der Waals surface area contributed by atoms with Crippen LogP contribution in [-0.2, 0) is 0 Å². The molecule has 98 valence electrons. The Morgan fingerprint density at radius 2 is 1.29 bits per heavy atom. The Labute approximate surface area is 102 Å². The van der Waals surface area contributed by atoms with Crippen molar-refractivity contribution >= 4 is 5.96 Å². The Bertz CT molecular complexity index is 233. The van der Waals surface area contributed by atoms with Crippen LogP contribution in [0, 0.1) is 0 Å². The summed E-state index contributed by atoms with van der Waals surface area (Å²) in [6, 6.07) is 0. The molecule has 0 unspecified atom stereocenters. The van der Waals surface area contributed by atoms with Gasteiger partial charge in [-0.15, -0.1) is 0 Å². The summed E-state index contributed by atoms with van der Waals surface area (Å²) in [5.41, 5.74) is 11.1. The summed E-state index contributed by atoms with van der Waals surface area (Å²) in [6.45, 7) is 7.98. The van der Waals surface area contributed by atoms with Gasteiger partial charge >= 0.3 is 0 Å². The van der Waals surface area contributed by atoms with Crippen molar-refractivity contribution in [2.24, 2.45) is 16.5 Å². The van der Waals surface area contributed by atoms with Gasteiger partial charge in [-0.1, -0.05) is 0 Å². The van der Waals surface area contributed by atoms with Gasteiger partial charge in [0.15, 0.2) is 12.2 Å². The normalized spacial score (nSPS) is 23.8. The molecule has 0 aromatic carbocycles. The SMILES string of the molecule is NC(N)=NC(N1CCNCC1)N1CCNCC1. The molecule has 0 aromatic rings. The van der Waals surface area contributed by atoms with Crippen LogP contribution in [-0.4, -0.2) is 74.4 Å². The molecular weight excluding hydrogens is 218 g/mol. The summed E-state index contributed by atoms with van der Waals surface area (Å²) in [5, 5.41) is 6.68. The number of hydrogen-bond donors (Lipinski definition) is 4. The minimum absolute atomic E-state index is 0.00389. The molecule has 2 saturated heterocycles. The fourth-order valence-corrected chi connectivity index (χ4v) is 2.35. The van der Waals surface area contributed by atoms with E-state index in [-0.39, 0.29) is 12.2 Å². The van der Waals surface area contributed by atoms with Crippen molar-refractivity contribution in [2.45, 2.75) is 6.29 Å². The quantitative estimate of drug-likeness (QED) is 0.319. The van der Waals surface area contributed by atoms with E-state index in [0.717, 1.165) is 52.4 Å². The first kappa shape index (κ1) is 12.6. The number of nitrogens with zero attached hydrogens (tertiary/aromatic N) is 3. The fourth-order valence-electron chi connectivity index (χ4n) is 2.35. The maximum atomic E-state index is 5.55. The summed E-state index contributed by atoms with van der Waals surface area (Å²) >= 11 is 0. The molecule has 0 radical (unpaired) electrons. The first-order valence-corrected chi connectivity index (χ1v) is 6.25. The maximum Gasteiger partial charge on any atom is 0.188 e. The van der Waals surface area contributed by atoms with Gasteiger partial charge in [0.1, 0.15) is 0 Å². The Morgan fingerprint density at radius 1 is 0.882 bits per heavy atom. The molecule has 2 aliphatic rings. The molecule has 0 aromatic heterocycles. The second-order valence-corrected chi connectivity index (χ2v) is 4.47. The molecule has 7 nitrogen and oxygen atoms in total. The van der Waals surface area contributed by atoms with Crippen LogP contribution < -0.4 is 22.1 Å². The van der Waals surface area contributed by atoms with Crippen LogP contribution in [0.1, 0.15) is 0 Å². The Kier molecular flexibility index (Phi) is 4.55. The van der Waals surface area contributed by atoms with Crippen molar-refractivity contribution in [3.8, 4) is 0 Å². The van der Waals surface area contributed by atoms with E-state index in [1.54, 1.807) is 0 Å². The highest BCUT2D eigenvalue weighted by molar-refractivity contribution is 5.75. The Morgan fingerprint density at radius 3 is 1.65 bits per heavy atom. The van der Waals surface area contributed by atoms with Gasteiger partial charge in [0.25, 0.3) is 0 Å². The third kappa shape index (κ3) is 3.53. The zero-order valence-electron chi connectivity index (χ0n) is 10.2. The molecule has 0 bridgehead atoms. The summed E-state index contributed by atoms with van der Waals surface area (Å²) in [5.74, 6) is 0.173. The van der Waals surface area contributed by atoms with Gasteiger partial charge in [0.2, 0.25) is 0 Å². The van der Waals surface area contributed by atoms with E-state index in [1.165, 1.54) is 0 Å². The van der Waals surface area contributed by atoms with Crippen molar-refractivity contribution in [3.05, 3.63) is 0 Å². The molecule has 0 spiro atoms. The van der Waals surface area contributed by atoms with Gasteiger partial charge in [0.05, 0.1) is 0 Å². The van der Waals surface area contributed by atoms with Gasteiger partial charge in [-0.05, 0) is 0 Å². The van der Waals surface area contributed by atoms with E-state index < -0.39 is 0 Å². The summed E-state index contributed by atoms with van der Waals surface area (Å²) in [4.78, 5) is 9.06. The highest BCUT2D eigenvalue weighted by atomic mass is 15.5. The third-order valence-electron chi connectivity index (χ3n) is 3.22. The summed E-state index contributed by atoms with van der Waals surface area (Å²) < 4.78 is 0. The van der Waals surface area contributed by atoms with Crippen LogP contribution in [0.4, 0.5) is 0 Å². The van der Waals surface area contributed by atoms with Crippen LogP contribution in [0.25, 0.3) is 0 Å². The van der Waals surface area contributed by atoms with Crippen LogP contribution in [0.3, 0.4) is 0 Å². The summed E-state index contributed by atoms with van der Waals surface area (Å²) in [6.07, 6.45) is 0.00389. The van der Waals surface area contributed by atoms with E-state index in [1.807, 2.05) is 0 Å². The average molecular weight is 241 g/mol. The molecule has 7 heteroatoms. The lowest BCUT2D eigenvalue weighted by Crippen LogP contribution is -2.58. The Hall–Kier alpha value is -0.890. The fraction of sp³-hybridized carbons (Fsp3) is 0.900. The largest absolute Gasteiger partial charge is 0.370 e. The minimum Gasteiger partial charge on any atom is -0.370 e. The van der Waals surface area contributed by atoms with Crippen molar-refractivity contribution in [1.29, 1.82) is 0 Å². The zero-order valence-corrected chi connectivity index (χ0v) is 10.2. The number of nitrogens with two attached hydrogens (primary N) is 2. The molecule has 0 atom stereocenters. The number of guanidine groups is 1. The van der Waals surface area contributed by atoms with E-state index in [9.17, 15) is 0 Å². The highest BCUT2D eigenvalue weighted by Gasteiger charge is 2.26. The molecule has 2 rings (SSSR count). The smallest absolute Gasteiger partial charge is 0.188 e. The highest BCUT2D eigenvalue weighted by Crippen LogP contribution is 2.10. The molecule has 0 aliphatic carbocycles. The molecule has 0 amide bonds. The summed E-state index contributed by atoms with van der Waals surface area (Å²) in [7, 11) is 0. The Balaban J connectivity index is 2.03. The molecule has 2 heterocycles. The van der Waals surface area contributed by atoms with Crippen LogP contribution >= 0.6 is 0 Å². The average Bonchev–Trinajstić information content (AvgIpc) is 2.38. The molecule has 2 aliphatic heterocycles. The lowest BCUT2D eigenvalue weighted by atomic mass is 10.3. The number of rotatable bonds is 3. The van der Waals surface area contributed by atoms with Crippen LogP contribution in [0.2, 0.25) is 0 Å². The van der Waals surface area contributed by atoms with Gasteiger partial charge in [-0.25, -0.2) is 4.99 Å². The van der Waals surface area contributed by atoms with Crippen molar-refractivity contribution in [3.63, 3.8) is 0 Å². The van der Waals surface area contributed by atoms with Gasteiger partial charge < -0.3 is 22.1 Å². The number of nitrogens with one attached hydrogen (secondary N) is 2. The lowest BCUT2D eigenvalue weighted by molar-refractivity contribution is 0.0315. The topological polar surface area (TPSA) is 94.9 Å². The minimum atomic E-state index is 0.00389. The maximum absolute atomic E-state index is 5.55. The van der Waals surface area contributed by atoms with Crippen LogP contribution in [0.15, 0.2) is 4.99 Å². The third-order valence-corrected chi connectivity index (χ3v) is 3.22. The second-order valence-electron chi connectivity index (χ2n) is 4.47. The van der Waals surface area contributed by atoms with E-state index >= 15 is 0 Å². The molecule has 0 saturated carbocycles. The number of aliphatic imine (C=N–C) groups is 1. The van der Waals surface area contributed by atoms with Gasteiger partial charge in [0, 0.05) is 52.4 Å². The molecule has 2 fully saturated rings. The lowest BCUT2D eigenvalue weighted by Gasteiger charge is -2.40. The first-order chi connectivity index (χ1) is 8.27.